The second kappa shape index (κ2) is 8.95. The average molecular weight is 425 g/mol. The molecule has 1 heterocycles. The maximum Gasteiger partial charge on any atom is 0.312 e. The number of nitro groups is 1. The molecule has 31 heavy (non-hydrogen) atoms. The SMILES string of the molecule is Cc1cccc(N2CC(C(=O)OC(C)C(=O)Nc3cccc([N+](=O)[O-])c3)CC2=O)c1C. The summed E-state index contributed by atoms with van der Waals surface area (Å²) in [7, 11) is 0. The van der Waals surface area contributed by atoms with Crippen LogP contribution < -0.4 is 10.2 Å². The number of carbonyl (C=O) groups excluding carboxylic acids is 3. The van der Waals surface area contributed by atoms with E-state index in [2.05, 4.69) is 5.32 Å². The highest BCUT2D eigenvalue weighted by Crippen LogP contribution is 2.30. The van der Waals surface area contributed by atoms with Crippen LogP contribution >= 0.6 is 0 Å². The Balaban J connectivity index is 1.61. The molecule has 0 spiro atoms. The van der Waals surface area contributed by atoms with E-state index in [0.29, 0.717) is 0 Å². The monoisotopic (exact) mass is 425 g/mol. The zero-order valence-corrected chi connectivity index (χ0v) is 17.5. The molecule has 1 fully saturated rings. The van der Waals surface area contributed by atoms with E-state index in [1.54, 1.807) is 4.90 Å². The maximum atomic E-state index is 12.6. The molecule has 2 aromatic rings. The molecule has 9 heteroatoms. The normalized spacial score (nSPS) is 16.7. The lowest BCUT2D eigenvalue weighted by molar-refractivity contribution is -0.384. The predicted molar refractivity (Wildman–Crippen MR) is 114 cm³/mol. The lowest BCUT2D eigenvalue weighted by Gasteiger charge is -2.20. The van der Waals surface area contributed by atoms with Crippen molar-refractivity contribution in [1.82, 2.24) is 0 Å². The number of nitro benzene ring substituents is 1. The van der Waals surface area contributed by atoms with Crippen molar-refractivity contribution >= 4 is 34.8 Å². The van der Waals surface area contributed by atoms with Crippen LogP contribution in [0.3, 0.4) is 0 Å². The molecule has 0 bridgehead atoms. The van der Waals surface area contributed by atoms with Crippen molar-refractivity contribution < 1.29 is 24.0 Å². The first-order valence-corrected chi connectivity index (χ1v) is 9.79. The van der Waals surface area contributed by atoms with Gasteiger partial charge >= 0.3 is 5.97 Å². The van der Waals surface area contributed by atoms with Crippen LogP contribution in [0.1, 0.15) is 24.5 Å². The molecule has 9 nitrogen and oxygen atoms in total. The summed E-state index contributed by atoms with van der Waals surface area (Å²) in [4.78, 5) is 49.2. The van der Waals surface area contributed by atoms with E-state index in [4.69, 9.17) is 4.74 Å². The van der Waals surface area contributed by atoms with Crippen molar-refractivity contribution in [2.24, 2.45) is 5.92 Å². The molecule has 2 atom stereocenters. The Morgan fingerprint density at radius 1 is 1.23 bits per heavy atom. The van der Waals surface area contributed by atoms with E-state index in [-0.39, 0.29) is 30.2 Å². The Labute approximate surface area is 179 Å². The molecule has 1 N–H and O–H groups in total. The molecule has 162 valence electrons. The molecule has 0 aromatic heterocycles. The van der Waals surface area contributed by atoms with E-state index in [1.807, 2.05) is 32.0 Å². The Morgan fingerprint density at radius 3 is 2.65 bits per heavy atom. The molecule has 0 aliphatic carbocycles. The van der Waals surface area contributed by atoms with Crippen LogP contribution in [-0.2, 0) is 19.1 Å². The van der Waals surface area contributed by atoms with Gasteiger partial charge in [0.05, 0.1) is 10.8 Å². The van der Waals surface area contributed by atoms with Gasteiger partial charge in [-0.3, -0.25) is 24.5 Å². The van der Waals surface area contributed by atoms with Gasteiger partial charge in [0.15, 0.2) is 6.10 Å². The van der Waals surface area contributed by atoms with E-state index < -0.39 is 28.8 Å². The molecular weight excluding hydrogens is 402 g/mol. The van der Waals surface area contributed by atoms with E-state index in [1.165, 1.54) is 31.2 Å². The minimum absolute atomic E-state index is 0.00539. The molecule has 2 aromatic carbocycles. The second-order valence-electron chi connectivity index (χ2n) is 7.50. The largest absolute Gasteiger partial charge is 0.452 e. The summed E-state index contributed by atoms with van der Waals surface area (Å²) in [6.07, 6.45) is -1.12. The van der Waals surface area contributed by atoms with E-state index in [9.17, 15) is 24.5 Å². The first-order chi connectivity index (χ1) is 14.7. The fourth-order valence-corrected chi connectivity index (χ4v) is 3.39. The maximum absolute atomic E-state index is 12.6. The molecule has 0 saturated carbocycles. The molecule has 1 saturated heterocycles. The summed E-state index contributed by atoms with van der Waals surface area (Å²) in [6, 6.07) is 11.1. The van der Waals surface area contributed by atoms with Crippen molar-refractivity contribution in [3.8, 4) is 0 Å². The number of carbonyl (C=O) groups is 3. The fraction of sp³-hybridized carbons (Fsp3) is 0.318. The van der Waals surface area contributed by atoms with Gasteiger partial charge in [0.2, 0.25) is 5.91 Å². The average Bonchev–Trinajstić information content (AvgIpc) is 3.11. The topological polar surface area (TPSA) is 119 Å². The van der Waals surface area contributed by atoms with Crippen LogP contribution in [0.2, 0.25) is 0 Å². The van der Waals surface area contributed by atoms with Gasteiger partial charge in [0.25, 0.3) is 11.6 Å². The molecule has 3 rings (SSSR count). The van der Waals surface area contributed by atoms with Crippen LogP contribution in [0.5, 0.6) is 0 Å². The number of amides is 2. The number of rotatable bonds is 6. The summed E-state index contributed by atoms with van der Waals surface area (Å²) >= 11 is 0. The van der Waals surface area contributed by atoms with Crippen molar-refractivity contribution in [1.29, 1.82) is 0 Å². The van der Waals surface area contributed by atoms with Crippen LogP contribution in [0.15, 0.2) is 42.5 Å². The van der Waals surface area contributed by atoms with Gasteiger partial charge in [-0.25, -0.2) is 0 Å². The number of nitrogens with one attached hydrogen (secondary N) is 1. The third-order valence-corrected chi connectivity index (χ3v) is 5.31. The quantitative estimate of drug-likeness (QED) is 0.431. The summed E-state index contributed by atoms with van der Waals surface area (Å²) in [5.74, 6) is -2.11. The Bertz CT molecular complexity index is 1050. The highest BCUT2D eigenvalue weighted by Gasteiger charge is 2.37. The van der Waals surface area contributed by atoms with Crippen LogP contribution in [0.4, 0.5) is 17.1 Å². The van der Waals surface area contributed by atoms with Crippen LogP contribution in [0, 0.1) is 29.9 Å². The number of aryl methyl sites for hydroxylation is 1. The van der Waals surface area contributed by atoms with Gasteiger partial charge in [0, 0.05) is 36.5 Å². The highest BCUT2D eigenvalue weighted by molar-refractivity contribution is 6.01. The second-order valence-corrected chi connectivity index (χ2v) is 7.50. The van der Waals surface area contributed by atoms with Gasteiger partial charge in [-0.15, -0.1) is 0 Å². The summed E-state index contributed by atoms with van der Waals surface area (Å²) in [6.45, 7) is 5.46. The number of esters is 1. The zero-order chi connectivity index (χ0) is 22.7. The van der Waals surface area contributed by atoms with Crippen molar-refractivity contribution in [2.45, 2.75) is 33.3 Å². The number of non-ortho nitro benzene ring substituents is 1. The van der Waals surface area contributed by atoms with E-state index in [0.717, 1.165) is 16.8 Å². The first kappa shape index (κ1) is 21.9. The standard InChI is InChI=1S/C22H23N3O6/c1-13-6-4-9-19(14(13)2)24-12-16(10-20(24)26)22(28)31-15(3)21(27)23-17-7-5-8-18(11-17)25(29)30/h4-9,11,15-16H,10,12H2,1-3H3,(H,23,27). The molecule has 2 unspecified atom stereocenters. The van der Waals surface area contributed by atoms with Crippen molar-refractivity contribution in [3.63, 3.8) is 0 Å². The van der Waals surface area contributed by atoms with E-state index >= 15 is 0 Å². The third-order valence-electron chi connectivity index (χ3n) is 5.31. The fourth-order valence-electron chi connectivity index (χ4n) is 3.39. The van der Waals surface area contributed by atoms with Gasteiger partial charge in [0.1, 0.15) is 0 Å². The molecule has 1 aliphatic rings. The smallest absolute Gasteiger partial charge is 0.312 e. The van der Waals surface area contributed by atoms with Crippen LogP contribution in [0.25, 0.3) is 0 Å². The van der Waals surface area contributed by atoms with Crippen molar-refractivity contribution in [2.75, 3.05) is 16.8 Å². The summed E-state index contributed by atoms with van der Waals surface area (Å²) in [5.41, 5.74) is 2.83. The number of hydrogen-bond donors (Lipinski definition) is 1. The van der Waals surface area contributed by atoms with Crippen LogP contribution in [-0.4, -0.2) is 35.4 Å². The number of nitrogens with zero attached hydrogens (tertiary/aromatic N) is 2. The Kier molecular flexibility index (Phi) is 6.33. The molecule has 2 amide bonds. The highest BCUT2D eigenvalue weighted by atomic mass is 16.6. The van der Waals surface area contributed by atoms with Gasteiger partial charge in [-0.1, -0.05) is 18.2 Å². The molecule has 1 aliphatic heterocycles. The number of anilines is 2. The van der Waals surface area contributed by atoms with Gasteiger partial charge < -0.3 is 15.0 Å². The number of ether oxygens (including phenoxy) is 1. The Morgan fingerprint density at radius 2 is 1.94 bits per heavy atom. The van der Waals surface area contributed by atoms with Gasteiger partial charge in [-0.05, 0) is 44.0 Å². The summed E-state index contributed by atoms with van der Waals surface area (Å²) < 4.78 is 5.27. The van der Waals surface area contributed by atoms with Crippen molar-refractivity contribution in [3.05, 3.63) is 63.7 Å². The first-order valence-electron chi connectivity index (χ1n) is 9.79. The predicted octanol–water partition coefficient (Wildman–Crippen LogP) is 3.13. The Hall–Kier alpha value is -3.75. The minimum Gasteiger partial charge on any atom is -0.452 e. The molecule has 0 radical (unpaired) electrons. The lowest BCUT2D eigenvalue weighted by atomic mass is 10.1. The zero-order valence-electron chi connectivity index (χ0n) is 17.5. The summed E-state index contributed by atoms with van der Waals surface area (Å²) in [5, 5.41) is 13.3. The number of benzene rings is 2. The van der Waals surface area contributed by atoms with Gasteiger partial charge in [-0.2, -0.15) is 0 Å². The molecular formula is C22H23N3O6. The third kappa shape index (κ3) is 4.88. The minimum atomic E-state index is -1.13. The number of hydrogen-bond acceptors (Lipinski definition) is 6. The lowest BCUT2D eigenvalue weighted by Crippen LogP contribution is -2.33.